The van der Waals surface area contributed by atoms with Crippen molar-refractivity contribution < 1.29 is 62.5 Å². The molecule has 2 rings (SSSR count). The Morgan fingerprint density at radius 1 is 1.45 bits per heavy atom. The molecule has 31 heavy (non-hydrogen) atoms. The summed E-state index contributed by atoms with van der Waals surface area (Å²) in [7, 11) is 0. The number of rotatable bonds is 11. The number of carbonyl (C=O) groups excluding carboxylic acids is 2. The van der Waals surface area contributed by atoms with Crippen LogP contribution in [0.3, 0.4) is 0 Å². The molecule has 0 amide bonds. The maximum atomic E-state index is 12.9. The predicted octanol–water partition coefficient (Wildman–Crippen LogP) is 1.14. The second-order valence-corrected chi connectivity index (χ2v) is 9.69. The molecule has 166 valence electrons. The molecule has 0 aliphatic heterocycles. The fourth-order valence-corrected chi connectivity index (χ4v) is 5.19. The van der Waals surface area contributed by atoms with Crippen LogP contribution >= 0.6 is 23.1 Å². The monoisotopic (exact) mass is 485 g/mol. The average Bonchev–Trinajstić information content (AvgIpc) is 3.28. The molecular formula is C20H23F3NNaO4S2. The molecule has 0 spiro atoms. The van der Waals surface area contributed by atoms with Crippen LogP contribution in [0.4, 0.5) is 13.2 Å². The average molecular weight is 486 g/mol. The summed E-state index contributed by atoms with van der Waals surface area (Å²) in [6.07, 6.45) is 2.53. The summed E-state index contributed by atoms with van der Waals surface area (Å²) in [6, 6.07) is 0. The van der Waals surface area contributed by atoms with Gasteiger partial charge < -0.3 is 15.0 Å². The van der Waals surface area contributed by atoms with Crippen molar-refractivity contribution in [1.82, 2.24) is 4.98 Å². The normalized spacial score (nSPS) is 20.5. The number of allylic oxidation sites excluding steroid dienone is 2. The fraction of sp³-hybridized carbons (Fsp3) is 0.550. The van der Waals surface area contributed by atoms with Crippen molar-refractivity contribution in [3.63, 3.8) is 0 Å². The Morgan fingerprint density at radius 2 is 2.16 bits per heavy atom. The molecule has 0 saturated heterocycles. The molecule has 1 saturated carbocycles. The van der Waals surface area contributed by atoms with Crippen LogP contribution < -0.4 is 34.7 Å². The third-order valence-electron chi connectivity index (χ3n) is 5.03. The van der Waals surface area contributed by atoms with Crippen LogP contribution in [0.2, 0.25) is 0 Å². The number of hydrogen-bond acceptors (Lipinski definition) is 7. The molecule has 0 bridgehead atoms. The summed E-state index contributed by atoms with van der Waals surface area (Å²) in [5.74, 6) is -2.20. The third kappa shape index (κ3) is 9.39. The minimum Gasteiger partial charge on any atom is -0.543 e. The van der Waals surface area contributed by atoms with Gasteiger partial charge >= 0.3 is 35.6 Å². The first-order valence-corrected chi connectivity index (χ1v) is 11.4. The van der Waals surface area contributed by atoms with E-state index in [9.17, 15) is 33.0 Å². The number of aliphatic hydroxyl groups is 1. The van der Waals surface area contributed by atoms with Crippen molar-refractivity contribution in [2.45, 2.75) is 55.4 Å². The first kappa shape index (κ1) is 28.4. The largest absolute Gasteiger partial charge is 1.00 e. The molecule has 1 aliphatic carbocycles. The molecule has 1 aliphatic rings. The van der Waals surface area contributed by atoms with Gasteiger partial charge in [0, 0.05) is 29.9 Å². The number of carboxylic acid groups (broad SMARTS) is 1. The number of ketones is 1. The quantitative estimate of drug-likeness (QED) is 0.287. The van der Waals surface area contributed by atoms with Crippen molar-refractivity contribution in [2.75, 3.05) is 5.75 Å². The summed E-state index contributed by atoms with van der Waals surface area (Å²) in [4.78, 5) is 26.9. The van der Waals surface area contributed by atoms with Gasteiger partial charge in [0.25, 0.3) is 0 Å². The predicted molar refractivity (Wildman–Crippen MR) is 107 cm³/mol. The van der Waals surface area contributed by atoms with Crippen LogP contribution in [-0.2, 0) is 4.79 Å². The Hall–Kier alpha value is -0.650. The molecule has 1 heterocycles. The zero-order chi connectivity index (χ0) is 22.3. The maximum absolute atomic E-state index is 12.9. The van der Waals surface area contributed by atoms with Crippen LogP contribution in [0, 0.1) is 11.8 Å². The van der Waals surface area contributed by atoms with Crippen LogP contribution in [0.25, 0.3) is 0 Å². The van der Waals surface area contributed by atoms with Gasteiger partial charge in [0.1, 0.15) is 5.78 Å². The maximum Gasteiger partial charge on any atom is 1.00 e. The van der Waals surface area contributed by atoms with Crippen molar-refractivity contribution in [3.8, 4) is 0 Å². The van der Waals surface area contributed by atoms with E-state index in [1.54, 1.807) is 6.08 Å². The van der Waals surface area contributed by atoms with Gasteiger partial charge in [-0.2, -0.15) is 8.78 Å². The van der Waals surface area contributed by atoms with Gasteiger partial charge in [-0.25, -0.2) is 9.37 Å². The summed E-state index contributed by atoms with van der Waals surface area (Å²) in [5, 5.41) is 22.4. The summed E-state index contributed by atoms with van der Waals surface area (Å²) < 4.78 is 37.8. The van der Waals surface area contributed by atoms with E-state index in [0.29, 0.717) is 29.4 Å². The van der Waals surface area contributed by atoms with E-state index in [2.05, 4.69) is 4.98 Å². The molecule has 11 heteroatoms. The molecule has 1 N–H and O–H groups in total. The van der Waals surface area contributed by atoms with Crippen molar-refractivity contribution >= 4 is 34.9 Å². The number of thioether (sulfide) groups is 1. The number of hydrogen-bond donors (Lipinski definition) is 1. The van der Waals surface area contributed by atoms with Gasteiger partial charge in [-0.1, -0.05) is 23.9 Å². The van der Waals surface area contributed by atoms with Crippen LogP contribution in [0.1, 0.15) is 55.9 Å². The molecule has 0 unspecified atom stereocenters. The zero-order valence-electron chi connectivity index (χ0n) is 17.4. The van der Waals surface area contributed by atoms with E-state index >= 15 is 0 Å². The Kier molecular flexibility index (Phi) is 12.0. The number of aromatic nitrogens is 1. The number of halogens is 3. The Balaban J connectivity index is 0.00000480. The number of aromatic carboxylic acids is 1. The van der Waals surface area contributed by atoms with Gasteiger partial charge in [-0.15, -0.1) is 11.3 Å². The summed E-state index contributed by atoms with van der Waals surface area (Å²) in [6.45, 7) is 1.46. The summed E-state index contributed by atoms with van der Waals surface area (Å²) >= 11 is 2.60. The van der Waals surface area contributed by atoms with Crippen LogP contribution in [-0.4, -0.2) is 33.2 Å². The van der Waals surface area contributed by atoms with E-state index in [4.69, 9.17) is 0 Å². The second kappa shape index (κ2) is 13.2. The molecule has 1 aromatic rings. The number of carboxylic acids is 1. The van der Waals surface area contributed by atoms with Gasteiger partial charge in [-0.3, -0.25) is 4.79 Å². The SMILES string of the molecule is C[C@@](O)(C/C=C/[C@H]1CCC(=O)[C@@H]1CCSc1nc(C(=O)[O-])cs1)CCC(F)=C(F)F.[Na+]. The second-order valence-electron chi connectivity index (χ2n) is 7.49. The van der Waals surface area contributed by atoms with E-state index in [1.807, 2.05) is 6.08 Å². The smallest absolute Gasteiger partial charge is 0.543 e. The van der Waals surface area contributed by atoms with Crippen molar-refractivity contribution in [1.29, 1.82) is 0 Å². The topological polar surface area (TPSA) is 90.3 Å². The molecule has 0 aromatic carbocycles. The van der Waals surface area contributed by atoms with Gasteiger partial charge in [0.05, 0.1) is 17.3 Å². The molecule has 1 fully saturated rings. The Labute approximate surface area is 209 Å². The molecular weight excluding hydrogens is 462 g/mol. The minimum atomic E-state index is -2.36. The van der Waals surface area contributed by atoms with Crippen LogP contribution in [0.15, 0.2) is 33.8 Å². The van der Waals surface area contributed by atoms with E-state index in [0.717, 1.165) is 0 Å². The van der Waals surface area contributed by atoms with E-state index in [1.165, 1.54) is 35.4 Å². The fourth-order valence-electron chi connectivity index (χ4n) is 3.30. The minimum absolute atomic E-state index is 0. The van der Waals surface area contributed by atoms with Crippen molar-refractivity contribution in [3.05, 3.63) is 35.1 Å². The van der Waals surface area contributed by atoms with E-state index < -0.39 is 29.9 Å². The zero-order valence-corrected chi connectivity index (χ0v) is 21.0. The standard InChI is InChI=1S/C20H24F3NO4S2.Na/c1-20(28,9-6-14(21)17(22)23)8-2-3-12-4-5-16(25)13(12)7-10-29-19-24-15(11-30-19)18(26)27;/h2-3,11-13,28H,4-10H2,1H3,(H,26,27);/q;+1/p-1/b3-2+;/t12-,13+,20+;/m0./s1. The summed E-state index contributed by atoms with van der Waals surface area (Å²) in [5.41, 5.74) is -1.42. The van der Waals surface area contributed by atoms with Crippen LogP contribution in [0.5, 0.6) is 0 Å². The number of Topliss-reactive ketones (excluding diaryl/α,β-unsaturated/α-hetero) is 1. The Bertz CT molecular complexity index is 825. The van der Waals surface area contributed by atoms with Crippen molar-refractivity contribution in [2.24, 2.45) is 11.8 Å². The molecule has 3 atom stereocenters. The molecule has 1 aromatic heterocycles. The molecule has 5 nitrogen and oxygen atoms in total. The first-order valence-electron chi connectivity index (χ1n) is 9.50. The number of carbonyl (C=O) groups is 2. The van der Waals surface area contributed by atoms with Gasteiger partial charge in [0.2, 0.25) is 0 Å². The third-order valence-corrected chi connectivity index (χ3v) is 7.08. The first-order chi connectivity index (χ1) is 14.1. The van der Waals surface area contributed by atoms with E-state index in [-0.39, 0.29) is 65.7 Å². The van der Waals surface area contributed by atoms with Gasteiger partial charge in [-0.05, 0) is 38.5 Å². The van der Waals surface area contributed by atoms with Gasteiger partial charge in [0.15, 0.2) is 10.2 Å². The number of thiazole rings is 1. The Morgan fingerprint density at radius 3 is 2.77 bits per heavy atom. The number of nitrogens with zero attached hydrogens (tertiary/aromatic N) is 1. The molecule has 0 radical (unpaired) electrons.